The molecule has 122 valence electrons. The summed E-state index contributed by atoms with van der Waals surface area (Å²) in [6, 6.07) is 21.4. The lowest BCUT2D eigenvalue weighted by Crippen LogP contribution is -1.94. The molecule has 3 rings (SSSR count). The largest absolute Gasteiger partial charge is 0.356 e. The molecule has 0 unspecified atom stereocenters. The molecule has 0 heterocycles. The zero-order valence-corrected chi connectivity index (χ0v) is 14.8. The van der Waals surface area contributed by atoms with Crippen molar-refractivity contribution in [3.63, 3.8) is 0 Å². The first-order chi connectivity index (χ1) is 11.5. The third-order valence-electron chi connectivity index (χ3n) is 3.91. The molecule has 2 N–H and O–H groups in total. The van der Waals surface area contributed by atoms with E-state index in [1.54, 1.807) is 0 Å². The van der Waals surface area contributed by atoms with E-state index in [-0.39, 0.29) is 0 Å². The lowest BCUT2D eigenvalue weighted by Gasteiger charge is -2.11. The van der Waals surface area contributed by atoms with Gasteiger partial charge in [0, 0.05) is 22.7 Å². The van der Waals surface area contributed by atoms with Crippen LogP contribution in [0.1, 0.15) is 22.3 Å². The van der Waals surface area contributed by atoms with Crippen molar-refractivity contribution in [1.29, 1.82) is 0 Å². The lowest BCUT2D eigenvalue weighted by molar-refractivity contribution is 1.37. The van der Waals surface area contributed by atoms with E-state index < -0.39 is 0 Å². The van der Waals surface area contributed by atoms with Crippen LogP contribution in [0, 0.1) is 27.7 Å². The van der Waals surface area contributed by atoms with Crippen LogP contribution in [0.25, 0.3) is 0 Å². The second-order valence-corrected chi connectivity index (χ2v) is 6.58. The lowest BCUT2D eigenvalue weighted by atomic mass is 10.1. The maximum Gasteiger partial charge on any atom is 0.0389 e. The molecule has 0 aliphatic rings. The molecule has 0 spiro atoms. The van der Waals surface area contributed by atoms with E-state index in [9.17, 15) is 0 Å². The number of nitrogens with one attached hydrogen (secondary N) is 2. The Morgan fingerprint density at radius 1 is 0.417 bits per heavy atom. The molecule has 2 nitrogen and oxygen atoms in total. The summed E-state index contributed by atoms with van der Waals surface area (Å²) in [7, 11) is 0. The van der Waals surface area contributed by atoms with Gasteiger partial charge in [0.2, 0.25) is 0 Å². The van der Waals surface area contributed by atoms with Gasteiger partial charge in [-0.25, -0.2) is 0 Å². The van der Waals surface area contributed by atoms with Crippen LogP contribution in [-0.2, 0) is 0 Å². The van der Waals surface area contributed by atoms with Crippen LogP contribution in [0.2, 0.25) is 0 Å². The first-order valence-electron chi connectivity index (χ1n) is 8.29. The topological polar surface area (TPSA) is 24.1 Å². The number of hydrogen-bond donors (Lipinski definition) is 2. The van der Waals surface area contributed by atoms with Crippen molar-refractivity contribution in [2.24, 2.45) is 0 Å². The second kappa shape index (κ2) is 6.79. The second-order valence-electron chi connectivity index (χ2n) is 6.58. The van der Waals surface area contributed by atoms with Gasteiger partial charge in [0.1, 0.15) is 0 Å². The molecule has 2 heteroatoms. The molecule has 0 amide bonds. The van der Waals surface area contributed by atoms with Crippen LogP contribution < -0.4 is 10.6 Å². The molecule has 3 aromatic rings. The first kappa shape index (κ1) is 16.1. The van der Waals surface area contributed by atoms with Crippen LogP contribution in [0.4, 0.5) is 22.7 Å². The van der Waals surface area contributed by atoms with Gasteiger partial charge in [-0.15, -0.1) is 0 Å². The molecule has 24 heavy (non-hydrogen) atoms. The minimum atomic E-state index is 1.09. The molecule has 0 radical (unpaired) electrons. The summed E-state index contributed by atoms with van der Waals surface area (Å²) >= 11 is 0. The Labute approximate surface area is 144 Å². The maximum absolute atomic E-state index is 3.47. The van der Waals surface area contributed by atoms with E-state index >= 15 is 0 Å². The quantitative estimate of drug-likeness (QED) is 0.581. The fraction of sp³-hybridized carbons (Fsp3) is 0.182. The summed E-state index contributed by atoms with van der Waals surface area (Å²) in [4.78, 5) is 0. The predicted octanol–water partition coefficient (Wildman–Crippen LogP) is 6.41. The molecule has 0 saturated heterocycles. The van der Waals surface area contributed by atoms with Crippen molar-refractivity contribution in [1.82, 2.24) is 0 Å². The Balaban J connectivity index is 1.73. The Hall–Kier alpha value is -2.74. The smallest absolute Gasteiger partial charge is 0.0389 e. The summed E-state index contributed by atoms with van der Waals surface area (Å²) < 4.78 is 0. The first-order valence-corrected chi connectivity index (χ1v) is 8.29. The Morgan fingerprint density at radius 3 is 1.00 bits per heavy atom. The maximum atomic E-state index is 3.47. The minimum Gasteiger partial charge on any atom is -0.356 e. The summed E-state index contributed by atoms with van der Waals surface area (Å²) in [5.41, 5.74) is 9.51. The van der Waals surface area contributed by atoms with Crippen molar-refractivity contribution < 1.29 is 0 Å². The van der Waals surface area contributed by atoms with Crippen molar-refractivity contribution in [2.45, 2.75) is 27.7 Å². The highest BCUT2D eigenvalue weighted by molar-refractivity contribution is 5.67. The minimum absolute atomic E-state index is 1.09. The molecule has 0 atom stereocenters. The zero-order chi connectivity index (χ0) is 17.1. The highest BCUT2D eigenvalue weighted by Crippen LogP contribution is 2.24. The third kappa shape index (κ3) is 4.17. The van der Waals surface area contributed by atoms with E-state index in [4.69, 9.17) is 0 Å². The van der Waals surface area contributed by atoms with Gasteiger partial charge in [0.25, 0.3) is 0 Å². The number of rotatable bonds is 4. The van der Waals surface area contributed by atoms with Gasteiger partial charge in [-0.2, -0.15) is 0 Å². The van der Waals surface area contributed by atoms with Crippen LogP contribution in [0.15, 0.2) is 60.7 Å². The van der Waals surface area contributed by atoms with Gasteiger partial charge in [-0.05, 0) is 98.5 Å². The molecular weight excluding hydrogens is 292 g/mol. The fourth-order valence-corrected chi connectivity index (χ4v) is 3.06. The summed E-state index contributed by atoms with van der Waals surface area (Å²) in [5, 5.41) is 6.93. The highest BCUT2D eigenvalue weighted by Gasteiger charge is 2.00. The standard InChI is InChI=1S/C22H24N2/c1-15-9-16(2)12-21(11-15)23-19-5-7-20(8-6-19)24-22-13-17(3)10-18(4)14-22/h5-14,23-24H,1-4H3. The number of aryl methyl sites for hydroxylation is 4. The summed E-state index contributed by atoms with van der Waals surface area (Å²) in [6.07, 6.45) is 0. The van der Waals surface area contributed by atoms with E-state index in [0.29, 0.717) is 0 Å². The average molecular weight is 316 g/mol. The zero-order valence-electron chi connectivity index (χ0n) is 14.8. The van der Waals surface area contributed by atoms with Crippen LogP contribution in [0.5, 0.6) is 0 Å². The van der Waals surface area contributed by atoms with Gasteiger partial charge in [-0.1, -0.05) is 12.1 Å². The van der Waals surface area contributed by atoms with Crippen molar-refractivity contribution >= 4 is 22.7 Å². The van der Waals surface area contributed by atoms with Gasteiger partial charge in [0.15, 0.2) is 0 Å². The van der Waals surface area contributed by atoms with E-state index in [1.807, 2.05) is 0 Å². The van der Waals surface area contributed by atoms with Crippen molar-refractivity contribution in [2.75, 3.05) is 10.6 Å². The Bertz CT molecular complexity index is 735. The molecule has 0 aliphatic heterocycles. The van der Waals surface area contributed by atoms with Crippen molar-refractivity contribution in [3.8, 4) is 0 Å². The summed E-state index contributed by atoms with van der Waals surface area (Å²) in [6.45, 7) is 8.48. The average Bonchev–Trinajstić information content (AvgIpc) is 2.47. The van der Waals surface area contributed by atoms with E-state index in [2.05, 4.69) is 99.0 Å². The number of benzene rings is 3. The Kier molecular flexibility index (Phi) is 4.57. The fourth-order valence-electron chi connectivity index (χ4n) is 3.06. The normalized spacial score (nSPS) is 10.5. The van der Waals surface area contributed by atoms with E-state index in [0.717, 1.165) is 22.7 Å². The predicted molar refractivity (Wildman–Crippen MR) is 105 cm³/mol. The molecule has 0 aliphatic carbocycles. The van der Waals surface area contributed by atoms with Gasteiger partial charge in [0.05, 0.1) is 0 Å². The van der Waals surface area contributed by atoms with Gasteiger partial charge < -0.3 is 10.6 Å². The monoisotopic (exact) mass is 316 g/mol. The number of anilines is 4. The molecule has 0 aromatic heterocycles. The highest BCUT2D eigenvalue weighted by atomic mass is 14.9. The van der Waals surface area contributed by atoms with Gasteiger partial charge >= 0.3 is 0 Å². The number of hydrogen-bond acceptors (Lipinski definition) is 2. The summed E-state index contributed by atoms with van der Waals surface area (Å²) in [5.74, 6) is 0. The van der Waals surface area contributed by atoms with Crippen molar-refractivity contribution in [3.05, 3.63) is 82.9 Å². The van der Waals surface area contributed by atoms with Crippen LogP contribution >= 0.6 is 0 Å². The molecule has 0 saturated carbocycles. The SMILES string of the molecule is Cc1cc(C)cc(Nc2ccc(Nc3cc(C)cc(C)c3)cc2)c1. The van der Waals surface area contributed by atoms with E-state index in [1.165, 1.54) is 22.3 Å². The molecule has 3 aromatic carbocycles. The molecule has 0 fully saturated rings. The molecular formula is C22H24N2. The Morgan fingerprint density at radius 2 is 0.708 bits per heavy atom. The third-order valence-corrected chi connectivity index (χ3v) is 3.91. The molecule has 0 bridgehead atoms. The van der Waals surface area contributed by atoms with Gasteiger partial charge in [-0.3, -0.25) is 0 Å². The van der Waals surface area contributed by atoms with Crippen LogP contribution in [0.3, 0.4) is 0 Å². The van der Waals surface area contributed by atoms with Crippen LogP contribution in [-0.4, -0.2) is 0 Å².